The van der Waals surface area contributed by atoms with Crippen molar-refractivity contribution in [2.75, 3.05) is 6.61 Å². The Kier molecular flexibility index (Phi) is 6.69. The maximum atomic E-state index is 12.0. The van der Waals surface area contributed by atoms with Crippen LogP contribution in [0.3, 0.4) is 0 Å². The molecule has 0 spiro atoms. The zero-order chi connectivity index (χ0) is 18.4. The molecule has 0 unspecified atom stereocenters. The number of hydrogen-bond acceptors (Lipinski definition) is 10. The summed E-state index contributed by atoms with van der Waals surface area (Å²) in [4.78, 5) is 56.8. The van der Waals surface area contributed by atoms with Gasteiger partial charge in [-0.25, -0.2) is 4.79 Å². The van der Waals surface area contributed by atoms with Crippen molar-refractivity contribution in [1.29, 1.82) is 0 Å². The lowest BCUT2D eigenvalue weighted by Gasteiger charge is -2.39. The van der Waals surface area contributed by atoms with Crippen molar-refractivity contribution in [3.05, 3.63) is 0 Å². The van der Waals surface area contributed by atoms with Crippen LogP contribution >= 0.6 is 0 Å². The summed E-state index contributed by atoms with van der Waals surface area (Å²) in [5, 5.41) is 0. The standard InChI is InChI=1S/C14H18O10/c1-6(15)20-5-10-11(21-7(2)16)12(22-8(3)17)13(14(19)24-10)23-9(4)18/h10-13H,5H2,1-4H3/t10-,11-,12+,13-/m1/s1. The second-order valence-corrected chi connectivity index (χ2v) is 4.96. The predicted octanol–water partition coefficient (Wildman–Crippen LogP) is -0.730. The van der Waals surface area contributed by atoms with E-state index in [0.29, 0.717) is 0 Å². The minimum Gasteiger partial charge on any atom is -0.462 e. The molecular weight excluding hydrogens is 328 g/mol. The second kappa shape index (κ2) is 8.27. The molecule has 0 bridgehead atoms. The van der Waals surface area contributed by atoms with Crippen LogP contribution in [0.2, 0.25) is 0 Å². The van der Waals surface area contributed by atoms with Gasteiger partial charge in [-0.05, 0) is 0 Å². The molecule has 10 heteroatoms. The molecule has 1 rings (SSSR count). The first-order valence-electron chi connectivity index (χ1n) is 6.97. The number of ether oxygens (including phenoxy) is 5. The van der Waals surface area contributed by atoms with Crippen molar-refractivity contribution >= 4 is 29.8 Å². The average Bonchev–Trinajstić information content (AvgIpc) is 2.42. The summed E-state index contributed by atoms with van der Waals surface area (Å²) >= 11 is 0. The van der Waals surface area contributed by atoms with Gasteiger partial charge in [-0.2, -0.15) is 0 Å². The highest BCUT2D eigenvalue weighted by atomic mass is 16.7. The lowest BCUT2D eigenvalue weighted by molar-refractivity contribution is -0.229. The maximum Gasteiger partial charge on any atom is 0.352 e. The molecule has 0 radical (unpaired) electrons. The highest BCUT2D eigenvalue weighted by Gasteiger charge is 2.52. The Morgan fingerprint density at radius 2 is 1.33 bits per heavy atom. The van der Waals surface area contributed by atoms with Crippen molar-refractivity contribution in [2.45, 2.75) is 52.1 Å². The summed E-state index contributed by atoms with van der Waals surface area (Å²) in [7, 11) is 0. The summed E-state index contributed by atoms with van der Waals surface area (Å²) in [5.41, 5.74) is 0. The van der Waals surface area contributed by atoms with Gasteiger partial charge in [0.15, 0.2) is 18.3 Å². The molecular formula is C14H18O10. The van der Waals surface area contributed by atoms with E-state index in [9.17, 15) is 24.0 Å². The number of cyclic esters (lactones) is 1. The van der Waals surface area contributed by atoms with Crippen molar-refractivity contribution in [3.8, 4) is 0 Å². The monoisotopic (exact) mass is 346 g/mol. The molecule has 0 aromatic rings. The number of hydrogen-bond donors (Lipinski definition) is 0. The SMILES string of the molecule is CC(=O)OC[C@H]1OC(=O)[C@H](OC(C)=O)[C@@H](OC(C)=O)[C@@H]1OC(C)=O. The van der Waals surface area contributed by atoms with Crippen LogP contribution in [0, 0.1) is 0 Å². The van der Waals surface area contributed by atoms with E-state index in [2.05, 4.69) is 0 Å². The first-order chi connectivity index (χ1) is 11.1. The second-order valence-electron chi connectivity index (χ2n) is 4.96. The molecule has 0 aliphatic carbocycles. The molecule has 1 fully saturated rings. The molecule has 10 nitrogen and oxygen atoms in total. The van der Waals surface area contributed by atoms with Crippen LogP contribution in [0.4, 0.5) is 0 Å². The lowest BCUT2D eigenvalue weighted by Crippen LogP contribution is -2.60. The van der Waals surface area contributed by atoms with E-state index >= 15 is 0 Å². The molecule has 0 N–H and O–H groups in total. The van der Waals surface area contributed by atoms with Crippen LogP contribution in [-0.2, 0) is 47.7 Å². The fourth-order valence-corrected chi connectivity index (χ4v) is 2.08. The summed E-state index contributed by atoms with van der Waals surface area (Å²) < 4.78 is 24.6. The van der Waals surface area contributed by atoms with E-state index in [-0.39, 0.29) is 0 Å². The minimum atomic E-state index is -1.61. The Hall–Kier alpha value is -2.65. The van der Waals surface area contributed by atoms with Crippen LogP contribution in [0.1, 0.15) is 27.7 Å². The van der Waals surface area contributed by atoms with Crippen LogP contribution in [0.5, 0.6) is 0 Å². The van der Waals surface area contributed by atoms with Gasteiger partial charge in [0.2, 0.25) is 6.10 Å². The van der Waals surface area contributed by atoms with Gasteiger partial charge in [-0.15, -0.1) is 0 Å². The smallest absolute Gasteiger partial charge is 0.352 e. The van der Waals surface area contributed by atoms with Crippen molar-refractivity contribution in [3.63, 3.8) is 0 Å². The third kappa shape index (κ3) is 5.52. The molecule has 1 saturated heterocycles. The molecule has 0 aromatic heterocycles. The van der Waals surface area contributed by atoms with Crippen LogP contribution in [0.25, 0.3) is 0 Å². The van der Waals surface area contributed by atoms with Gasteiger partial charge in [0, 0.05) is 27.7 Å². The van der Waals surface area contributed by atoms with Gasteiger partial charge >= 0.3 is 29.8 Å². The van der Waals surface area contributed by atoms with Crippen molar-refractivity contribution < 1.29 is 47.7 Å². The topological polar surface area (TPSA) is 132 Å². The first-order valence-corrected chi connectivity index (χ1v) is 6.97. The van der Waals surface area contributed by atoms with E-state index in [4.69, 9.17) is 23.7 Å². The van der Waals surface area contributed by atoms with Crippen LogP contribution < -0.4 is 0 Å². The molecule has 0 aromatic carbocycles. The third-order valence-corrected chi connectivity index (χ3v) is 2.84. The Labute approximate surface area is 137 Å². The fourth-order valence-electron chi connectivity index (χ4n) is 2.08. The third-order valence-electron chi connectivity index (χ3n) is 2.84. The molecule has 0 saturated carbocycles. The van der Waals surface area contributed by atoms with Crippen molar-refractivity contribution in [2.24, 2.45) is 0 Å². The quantitative estimate of drug-likeness (QED) is 0.463. The Bertz CT molecular complexity index is 540. The van der Waals surface area contributed by atoms with Gasteiger partial charge in [0.05, 0.1) is 0 Å². The first kappa shape index (κ1) is 19.4. The van der Waals surface area contributed by atoms with Gasteiger partial charge in [0.1, 0.15) is 6.61 Å². The Morgan fingerprint density at radius 3 is 1.79 bits per heavy atom. The number of rotatable bonds is 5. The molecule has 1 aliphatic heterocycles. The molecule has 24 heavy (non-hydrogen) atoms. The number of esters is 5. The highest BCUT2D eigenvalue weighted by Crippen LogP contribution is 2.25. The van der Waals surface area contributed by atoms with Crippen LogP contribution in [-0.4, -0.2) is 60.9 Å². The number of carbonyl (C=O) groups is 5. The normalized spacial score (nSPS) is 25.9. The zero-order valence-electron chi connectivity index (χ0n) is 13.6. The van der Waals surface area contributed by atoms with E-state index < -0.39 is 60.9 Å². The highest BCUT2D eigenvalue weighted by molar-refractivity contribution is 5.81. The zero-order valence-corrected chi connectivity index (χ0v) is 13.6. The molecule has 1 heterocycles. The number of carbonyl (C=O) groups excluding carboxylic acids is 5. The molecule has 134 valence electrons. The van der Waals surface area contributed by atoms with Gasteiger partial charge in [-0.1, -0.05) is 0 Å². The maximum absolute atomic E-state index is 12.0. The molecule has 4 atom stereocenters. The predicted molar refractivity (Wildman–Crippen MR) is 73.2 cm³/mol. The minimum absolute atomic E-state index is 0.427. The summed E-state index contributed by atoms with van der Waals surface area (Å²) in [6, 6.07) is 0. The van der Waals surface area contributed by atoms with E-state index in [0.717, 1.165) is 27.7 Å². The van der Waals surface area contributed by atoms with E-state index in [1.165, 1.54) is 0 Å². The van der Waals surface area contributed by atoms with Gasteiger partial charge < -0.3 is 23.7 Å². The largest absolute Gasteiger partial charge is 0.462 e. The molecule has 0 amide bonds. The summed E-state index contributed by atoms with van der Waals surface area (Å²) in [6.07, 6.45) is -5.57. The van der Waals surface area contributed by atoms with E-state index in [1.807, 2.05) is 0 Å². The molecule has 1 aliphatic rings. The van der Waals surface area contributed by atoms with Crippen LogP contribution in [0.15, 0.2) is 0 Å². The van der Waals surface area contributed by atoms with Gasteiger partial charge in [-0.3, -0.25) is 19.2 Å². The summed E-state index contributed by atoms with van der Waals surface area (Å²) in [5.74, 6) is -4.05. The fraction of sp³-hybridized carbons (Fsp3) is 0.643. The lowest BCUT2D eigenvalue weighted by atomic mass is 9.99. The van der Waals surface area contributed by atoms with Crippen molar-refractivity contribution in [1.82, 2.24) is 0 Å². The Morgan fingerprint density at radius 1 is 0.833 bits per heavy atom. The van der Waals surface area contributed by atoms with Gasteiger partial charge in [0.25, 0.3) is 0 Å². The summed E-state index contributed by atoms with van der Waals surface area (Å²) in [6.45, 7) is 3.91. The Balaban J connectivity index is 3.13. The van der Waals surface area contributed by atoms with E-state index in [1.54, 1.807) is 0 Å². The average molecular weight is 346 g/mol.